The molecule has 2 aromatic carbocycles. The number of hydrogen-bond acceptors (Lipinski definition) is 3. The van der Waals surface area contributed by atoms with Crippen molar-refractivity contribution in [3.8, 4) is 0 Å². The van der Waals surface area contributed by atoms with E-state index in [1.807, 2.05) is 0 Å². The highest BCUT2D eigenvalue weighted by Crippen LogP contribution is 2.51. The number of primary amides is 1. The highest BCUT2D eigenvalue weighted by molar-refractivity contribution is 6.30. The molecule has 1 radical (unpaired) electrons. The first-order chi connectivity index (χ1) is 14.3. The van der Waals surface area contributed by atoms with Gasteiger partial charge >= 0.3 is 0 Å². The van der Waals surface area contributed by atoms with E-state index >= 15 is 0 Å². The van der Waals surface area contributed by atoms with E-state index in [1.54, 1.807) is 17.0 Å². The molecule has 2 aliphatic rings. The summed E-state index contributed by atoms with van der Waals surface area (Å²) in [4.78, 5) is 28.8. The van der Waals surface area contributed by atoms with Gasteiger partial charge in [0.05, 0.1) is 5.56 Å². The number of carbonyl (C=O) groups is 2. The zero-order chi connectivity index (χ0) is 21.5. The monoisotopic (exact) mass is 424 g/mol. The van der Waals surface area contributed by atoms with Crippen LogP contribution in [0, 0.1) is 6.07 Å². The lowest BCUT2D eigenvalue weighted by atomic mass is 9.90. The lowest BCUT2D eigenvalue weighted by Gasteiger charge is -2.23. The molecule has 2 aromatic rings. The highest BCUT2D eigenvalue weighted by Gasteiger charge is 2.44. The molecule has 0 bridgehead atoms. The molecule has 0 saturated heterocycles. The number of fused-ring (bicyclic) bond motifs is 1. The van der Waals surface area contributed by atoms with Crippen molar-refractivity contribution >= 4 is 23.4 Å². The van der Waals surface area contributed by atoms with Crippen molar-refractivity contribution in [1.82, 2.24) is 9.80 Å². The molecule has 1 aliphatic heterocycles. The fourth-order valence-corrected chi connectivity index (χ4v) is 4.60. The minimum absolute atomic E-state index is 0.216. The Labute approximate surface area is 182 Å². The number of hydrogen-bond donors (Lipinski definition) is 1. The second-order valence-corrected chi connectivity index (χ2v) is 9.17. The molecule has 1 aliphatic carbocycles. The summed E-state index contributed by atoms with van der Waals surface area (Å²) in [7, 11) is 4.22. The Balaban J connectivity index is 1.50. The first-order valence-electron chi connectivity index (χ1n) is 10.4. The van der Waals surface area contributed by atoms with Crippen LogP contribution < -0.4 is 5.73 Å². The third-order valence-corrected chi connectivity index (χ3v) is 6.58. The summed E-state index contributed by atoms with van der Waals surface area (Å²) in [5.41, 5.74) is 9.41. The van der Waals surface area contributed by atoms with Gasteiger partial charge in [0.15, 0.2) is 0 Å². The number of halogens is 1. The number of amides is 2. The minimum atomic E-state index is -0.791. The van der Waals surface area contributed by atoms with Crippen LogP contribution in [-0.2, 0) is 16.6 Å². The van der Waals surface area contributed by atoms with Crippen LogP contribution in [-0.4, -0.2) is 48.8 Å². The molecule has 1 atom stereocenters. The van der Waals surface area contributed by atoms with Crippen LogP contribution in [0.2, 0.25) is 5.02 Å². The van der Waals surface area contributed by atoms with E-state index < -0.39 is 11.9 Å². The quantitative estimate of drug-likeness (QED) is 0.706. The molecule has 5 nitrogen and oxygen atoms in total. The molecule has 6 heteroatoms. The van der Waals surface area contributed by atoms with Crippen molar-refractivity contribution in [3.05, 3.63) is 69.7 Å². The van der Waals surface area contributed by atoms with E-state index in [0.29, 0.717) is 34.5 Å². The smallest absolute Gasteiger partial charge is 0.255 e. The Morgan fingerprint density at radius 1 is 1.33 bits per heavy atom. The molecule has 1 saturated carbocycles. The maximum absolute atomic E-state index is 12.9. The van der Waals surface area contributed by atoms with E-state index in [1.165, 1.54) is 18.4 Å². The zero-order valence-corrected chi connectivity index (χ0v) is 18.2. The minimum Gasteiger partial charge on any atom is -0.368 e. The standard InChI is InChI=1S/C24H27ClN3O2/c1-27(2)13-11-24(9-10-24)17-5-3-4-16(14-17)8-12-28-21(22(26)29)20-15-18(25)6-7-19(20)23(28)30/h3-6,14-15,21H,8-13H2,1-2H3,(H2,26,29). The van der Waals surface area contributed by atoms with E-state index in [2.05, 4.69) is 49.3 Å². The van der Waals surface area contributed by atoms with Crippen molar-refractivity contribution in [2.75, 3.05) is 27.2 Å². The van der Waals surface area contributed by atoms with Crippen LogP contribution in [0.3, 0.4) is 0 Å². The lowest BCUT2D eigenvalue weighted by Crippen LogP contribution is -2.37. The summed E-state index contributed by atoms with van der Waals surface area (Å²) < 4.78 is 0. The summed E-state index contributed by atoms with van der Waals surface area (Å²) >= 11 is 6.06. The molecule has 2 N–H and O–H groups in total. The van der Waals surface area contributed by atoms with Gasteiger partial charge in [0.25, 0.3) is 5.91 Å². The van der Waals surface area contributed by atoms with Gasteiger partial charge in [0.2, 0.25) is 5.91 Å². The van der Waals surface area contributed by atoms with Crippen molar-refractivity contribution in [2.24, 2.45) is 5.73 Å². The maximum Gasteiger partial charge on any atom is 0.255 e. The number of carbonyl (C=O) groups excluding carboxylic acids is 2. The van der Waals surface area contributed by atoms with Crippen molar-refractivity contribution in [1.29, 1.82) is 0 Å². The summed E-state index contributed by atoms with van der Waals surface area (Å²) in [6, 6.07) is 14.0. The largest absolute Gasteiger partial charge is 0.368 e. The van der Waals surface area contributed by atoms with Crippen LogP contribution in [0.15, 0.2) is 36.4 Å². The molecule has 0 spiro atoms. The second-order valence-electron chi connectivity index (χ2n) is 8.74. The molecule has 157 valence electrons. The first-order valence-corrected chi connectivity index (χ1v) is 10.7. The van der Waals surface area contributed by atoms with E-state index in [-0.39, 0.29) is 5.91 Å². The average Bonchev–Trinajstić information content (AvgIpc) is 3.45. The van der Waals surface area contributed by atoms with Crippen molar-refractivity contribution in [2.45, 2.75) is 37.1 Å². The summed E-state index contributed by atoms with van der Waals surface area (Å²) in [6.07, 6.45) is 4.27. The third kappa shape index (κ3) is 3.96. The summed E-state index contributed by atoms with van der Waals surface area (Å²) in [5.74, 6) is -0.765. The SMILES string of the molecule is CN(C)CCC1(c2cccc(CCN3C(=O)c4[c]cc(Cl)cc4C3C(N)=O)c2)CC1. The molecular formula is C24H27ClN3O2. The van der Waals surface area contributed by atoms with Crippen LogP contribution in [0.25, 0.3) is 0 Å². The van der Waals surface area contributed by atoms with Crippen LogP contribution in [0.4, 0.5) is 0 Å². The number of nitrogens with zero attached hydrogens (tertiary/aromatic N) is 2. The van der Waals surface area contributed by atoms with Gasteiger partial charge in [-0.05, 0) is 86.6 Å². The van der Waals surface area contributed by atoms with Gasteiger partial charge in [-0.2, -0.15) is 0 Å². The number of nitrogens with two attached hydrogens (primary N) is 1. The maximum atomic E-state index is 12.9. The van der Waals surface area contributed by atoms with Gasteiger partial charge in [-0.1, -0.05) is 35.9 Å². The van der Waals surface area contributed by atoms with Gasteiger partial charge < -0.3 is 15.5 Å². The Morgan fingerprint density at radius 3 is 2.77 bits per heavy atom. The fourth-order valence-electron chi connectivity index (χ4n) is 4.43. The van der Waals surface area contributed by atoms with Crippen molar-refractivity contribution < 1.29 is 9.59 Å². The Bertz CT molecular complexity index is 984. The molecule has 1 unspecified atom stereocenters. The second kappa shape index (κ2) is 8.05. The van der Waals surface area contributed by atoms with Crippen molar-refractivity contribution in [3.63, 3.8) is 0 Å². The molecule has 2 amide bonds. The topological polar surface area (TPSA) is 66.6 Å². The van der Waals surface area contributed by atoms with Gasteiger partial charge in [0.1, 0.15) is 6.04 Å². The Morgan fingerprint density at radius 2 is 2.10 bits per heavy atom. The van der Waals surface area contributed by atoms with Crippen LogP contribution in [0.1, 0.15) is 52.4 Å². The first kappa shape index (κ1) is 20.9. The Kier molecular flexibility index (Phi) is 5.60. The molecule has 0 aromatic heterocycles. The number of benzene rings is 2. The van der Waals surface area contributed by atoms with Gasteiger partial charge in [-0.15, -0.1) is 0 Å². The van der Waals surface area contributed by atoms with Crippen LogP contribution in [0.5, 0.6) is 0 Å². The highest BCUT2D eigenvalue weighted by atomic mass is 35.5. The normalized spacial score (nSPS) is 19.3. The summed E-state index contributed by atoms with van der Waals surface area (Å²) in [5, 5.41) is 0.440. The lowest BCUT2D eigenvalue weighted by molar-refractivity contribution is -0.122. The molecular weight excluding hydrogens is 398 g/mol. The third-order valence-electron chi connectivity index (χ3n) is 6.36. The Hall–Kier alpha value is -2.37. The van der Waals surface area contributed by atoms with Gasteiger partial charge in [-0.25, -0.2) is 0 Å². The van der Waals surface area contributed by atoms with E-state index in [4.69, 9.17) is 17.3 Å². The molecule has 4 rings (SSSR count). The predicted molar refractivity (Wildman–Crippen MR) is 117 cm³/mol. The molecule has 30 heavy (non-hydrogen) atoms. The predicted octanol–water partition coefficient (Wildman–Crippen LogP) is 3.35. The molecule has 1 heterocycles. The van der Waals surface area contributed by atoms with E-state index in [9.17, 15) is 9.59 Å². The number of rotatable bonds is 8. The van der Waals surface area contributed by atoms with E-state index in [0.717, 1.165) is 18.5 Å². The van der Waals surface area contributed by atoms with Gasteiger partial charge in [-0.3, -0.25) is 9.59 Å². The summed E-state index contributed by atoms with van der Waals surface area (Å²) in [6.45, 7) is 1.49. The zero-order valence-electron chi connectivity index (χ0n) is 17.5. The van der Waals surface area contributed by atoms with Gasteiger partial charge in [0, 0.05) is 11.6 Å². The van der Waals surface area contributed by atoms with Crippen LogP contribution >= 0.6 is 11.6 Å². The molecule has 1 fully saturated rings. The fraction of sp³-hybridized carbons (Fsp3) is 0.417. The average molecular weight is 425 g/mol.